The highest BCUT2D eigenvalue weighted by Gasteiger charge is 2.46. The van der Waals surface area contributed by atoms with Crippen molar-refractivity contribution in [2.24, 2.45) is 0 Å². The summed E-state index contributed by atoms with van der Waals surface area (Å²) in [6.07, 6.45) is 3.38. The van der Waals surface area contributed by atoms with Crippen LogP contribution in [0, 0.1) is 0 Å². The van der Waals surface area contributed by atoms with E-state index in [1.165, 1.54) is 12.2 Å². The molecule has 1 aliphatic carbocycles. The van der Waals surface area contributed by atoms with Gasteiger partial charge in [0.2, 0.25) is 0 Å². The van der Waals surface area contributed by atoms with Gasteiger partial charge in [0, 0.05) is 12.5 Å². The molecule has 0 heterocycles. The van der Waals surface area contributed by atoms with Gasteiger partial charge >= 0.3 is 16.1 Å². The Bertz CT molecular complexity index is 659. The Balaban J connectivity index is 2.50. The van der Waals surface area contributed by atoms with Crippen LogP contribution in [0.3, 0.4) is 0 Å². The molecule has 1 aromatic rings. The van der Waals surface area contributed by atoms with Gasteiger partial charge in [-0.15, -0.1) is 0 Å². The molecule has 100 valence electrons. The van der Waals surface area contributed by atoms with E-state index in [9.17, 15) is 17.8 Å². The van der Waals surface area contributed by atoms with Gasteiger partial charge in [-0.2, -0.15) is 8.42 Å². The zero-order valence-corrected chi connectivity index (χ0v) is 10.8. The molecule has 0 saturated heterocycles. The standard InChI is InChI=1S/C13H12O5S/c1-2-12(14)18-13(19(15,16)17)8-7-10-5-3-4-6-11(10)9-13/h2-8H,1,9H2,(H,15,16,17). The second-order valence-corrected chi connectivity index (χ2v) is 5.76. The highest BCUT2D eigenvalue weighted by molar-refractivity contribution is 7.87. The van der Waals surface area contributed by atoms with Crippen LogP contribution in [0.4, 0.5) is 0 Å². The number of hydrogen-bond acceptors (Lipinski definition) is 4. The van der Waals surface area contributed by atoms with Gasteiger partial charge in [0.1, 0.15) is 0 Å². The Morgan fingerprint density at radius 3 is 2.74 bits per heavy atom. The van der Waals surface area contributed by atoms with Crippen molar-refractivity contribution in [1.82, 2.24) is 0 Å². The van der Waals surface area contributed by atoms with E-state index in [0.717, 1.165) is 11.6 Å². The van der Waals surface area contributed by atoms with Gasteiger partial charge in [-0.1, -0.05) is 36.9 Å². The lowest BCUT2D eigenvalue weighted by Crippen LogP contribution is -2.44. The molecule has 0 saturated carbocycles. The fourth-order valence-electron chi connectivity index (χ4n) is 1.91. The van der Waals surface area contributed by atoms with Crippen molar-refractivity contribution in [3.8, 4) is 0 Å². The fourth-order valence-corrected chi connectivity index (χ4v) is 2.68. The first-order valence-corrected chi connectivity index (χ1v) is 6.91. The summed E-state index contributed by atoms with van der Waals surface area (Å²) in [6.45, 7) is 3.21. The third-order valence-electron chi connectivity index (χ3n) is 2.89. The van der Waals surface area contributed by atoms with Crippen LogP contribution in [-0.2, 0) is 26.1 Å². The van der Waals surface area contributed by atoms with Crippen LogP contribution in [0.25, 0.3) is 6.08 Å². The Kier molecular flexibility index (Phi) is 3.30. The molecule has 19 heavy (non-hydrogen) atoms. The van der Waals surface area contributed by atoms with Gasteiger partial charge in [-0.05, 0) is 17.2 Å². The van der Waals surface area contributed by atoms with Crippen LogP contribution in [0.5, 0.6) is 0 Å². The van der Waals surface area contributed by atoms with Crippen LogP contribution >= 0.6 is 0 Å². The summed E-state index contributed by atoms with van der Waals surface area (Å²) in [6, 6.07) is 7.05. The van der Waals surface area contributed by atoms with Crippen molar-refractivity contribution >= 4 is 22.2 Å². The van der Waals surface area contributed by atoms with Crippen LogP contribution < -0.4 is 0 Å². The summed E-state index contributed by atoms with van der Waals surface area (Å²) < 4.78 is 37.4. The summed E-state index contributed by atoms with van der Waals surface area (Å²) in [5, 5.41) is 0. The monoisotopic (exact) mass is 280 g/mol. The third kappa shape index (κ3) is 2.45. The molecule has 0 spiro atoms. The number of esters is 1. The Morgan fingerprint density at radius 2 is 2.11 bits per heavy atom. The molecule has 0 fully saturated rings. The van der Waals surface area contributed by atoms with Gasteiger partial charge < -0.3 is 4.74 Å². The molecule has 2 rings (SSSR count). The minimum atomic E-state index is -4.61. The zero-order valence-electron chi connectivity index (χ0n) is 9.94. The average molecular weight is 280 g/mol. The predicted octanol–water partition coefficient (Wildman–Crippen LogP) is 1.57. The van der Waals surface area contributed by atoms with Crippen molar-refractivity contribution < 1.29 is 22.5 Å². The highest BCUT2D eigenvalue weighted by Crippen LogP contribution is 2.32. The maximum Gasteiger partial charge on any atom is 0.332 e. The van der Waals surface area contributed by atoms with Gasteiger partial charge in [0.05, 0.1) is 0 Å². The first-order chi connectivity index (χ1) is 8.88. The average Bonchev–Trinajstić information content (AvgIpc) is 2.37. The number of rotatable bonds is 3. The van der Waals surface area contributed by atoms with Crippen molar-refractivity contribution in [1.29, 1.82) is 0 Å². The first kappa shape index (κ1) is 13.5. The highest BCUT2D eigenvalue weighted by atomic mass is 32.2. The normalized spacial score (nSPS) is 21.5. The number of hydrogen-bond donors (Lipinski definition) is 1. The van der Waals surface area contributed by atoms with E-state index in [1.807, 2.05) is 0 Å². The SMILES string of the molecule is C=CC(=O)OC1(S(=O)(=O)O)C=Cc2ccccc2C1. The molecule has 0 aromatic heterocycles. The summed E-state index contributed by atoms with van der Waals surface area (Å²) in [4.78, 5) is 9.20. The maximum atomic E-state index is 11.6. The van der Waals surface area contributed by atoms with Crippen molar-refractivity contribution in [3.05, 3.63) is 54.1 Å². The molecule has 0 bridgehead atoms. The topological polar surface area (TPSA) is 80.7 Å². The number of carbonyl (C=O) groups excluding carboxylic acids is 1. The molecule has 6 heteroatoms. The molecular formula is C13H12O5S. The van der Waals surface area contributed by atoms with Crippen molar-refractivity contribution in [3.63, 3.8) is 0 Å². The van der Waals surface area contributed by atoms with Crippen LogP contribution in [0.15, 0.2) is 43.0 Å². The molecule has 1 atom stereocenters. The summed E-state index contributed by atoms with van der Waals surface area (Å²) >= 11 is 0. The van der Waals surface area contributed by atoms with Gasteiger partial charge in [0.15, 0.2) is 0 Å². The minimum Gasteiger partial charge on any atom is -0.432 e. The van der Waals surface area contributed by atoms with E-state index >= 15 is 0 Å². The lowest BCUT2D eigenvalue weighted by atomic mass is 9.95. The van der Waals surface area contributed by atoms with Crippen LogP contribution in [0.1, 0.15) is 11.1 Å². The molecule has 0 amide bonds. The molecule has 1 aromatic carbocycles. The first-order valence-electron chi connectivity index (χ1n) is 5.47. The van der Waals surface area contributed by atoms with Crippen molar-refractivity contribution in [2.45, 2.75) is 11.4 Å². The third-order valence-corrected chi connectivity index (χ3v) is 4.12. The van der Waals surface area contributed by atoms with Crippen molar-refractivity contribution in [2.75, 3.05) is 0 Å². The van der Waals surface area contributed by atoms with E-state index in [2.05, 4.69) is 6.58 Å². The lowest BCUT2D eigenvalue weighted by molar-refractivity contribution is -0.143. The second kappa shape index (κ2) is 4.64. The lowest BCUT2D eigenvalue weighted by Gasteiger charge is -2.30. The Morgan fingerprint density at radius 1 is 1.42 bits per heavy atom. The molecule has 5 nitrogen and oxygen atoms in total. The molecule has 1 aliphatic rings. The van der Waals surface area contributed by atoms with E-state index in [4.69, 9.17) is 4.74 Å². The van der Waals surface area contributed by atoms with E-state index in [-0.39, 0.29) is 6.42 Å². The van der Waals surface area contributed by atoms with Gasteiger partial charge in [0.25, 0.3) is 4.93 Å². The van der Waals surface area contributed by atoms with Gasteiger partial charge in [-0.25, -0.2) is 4.79 Å². The number of carbonyl (C=O) groups is 1. The molecule has 0 aliphatic heterocycles. The van der Waals surface area contributed by atoms with Crippen LogP contribution in [-0.4, -0.2) is 23.9 Å². The second-order valence-electron chi connectivity index (χ2n) is 4.12. The minimum absolute atomic E-state index is 0.141. The molecule has 1 N–H and O–H groups in total. The van der Waals surface area contributed by atoms with Crippen LogP contribution in [0.2, 0.25) is 0 Å². The number of ether oxygens (including phenoxy) is 1. The zero-order chi connectivity index (χ0) is 14.1. The largest absolute Gasteiger partial charge is 0.432 e. The Labute approximate surface area is 111 Å². The fraction of sp³-hybridized carbons (Fsp3) is 0.154. The summed E-state index contributed by atoms with van der Waals surface area (Å²) in [7, 11) is -4.61. The van der Waals surface area contributed by atoms with Gasteiger partial charge in [-0.3, -0.25) is 4.55 Å². The summed E-state index contributed by atoms with van der Waals surface area (Å²) in [5.74, 6) is -0.915. The maximum absolute atomic E-state index is 11.6. The Hall–Kier alpha value is -1.92. The van der Waals surface area contributed by atoms with E-state index in [0.29, 0.717) is 5.56 Å². The molecule has 1 unspecified atom stereocenters. The smallest absolute Gasteiger partial charge is 0.332 e. The number of benzene rings is 1. The quantitative estimate of drug-likeness (QED) is 0.516. The van der Waals surface area contributed by atoms with E-state index in [1.54, 1.807) is 24.3 Å². The molecule has 0 radical (unpaired) electrons. The predicted molar refractivity (Wildman–Crippen MR) is 69.7 cm³/mol. The van der Waals surface area contributed by atoms with E-state index < -0.39 is 21.0 Å². The summed E-state index contributed by atoms with van der Waals surface area (Å²) in [5.41, 5.74) is 1.48. The number of fused-ring (bicyclic) bond motifs is 1. The molecular weight excluding hydrogens is 268 g/mol.